The maximum atomic E-state index is 5.96. The van der Waals surface area contributed by atoms with Gasteiger partial charge in [-0.1, -0.05) is 41.9 Å². The molecule has 112 valence electrons. The molecule has 0 atom stereocenters. The highest BCUT2D eigenvalue weighted by Gasteiger charge is 2.08. The number of rotatable bonds is 6. The molecule has 0 saturated heterocycles. The first kappa shape index (κ1) is 15.9. The van der Waals surface area contributed by atoms with Crippen molar-refractivity contribution < 1.29 is 9.47 Å². The standard InChI is InChI=1S/C18H21BrO2/c1-13(2)17-12-15(19)6-9-18(17)21-11-10-14-4-7-16(20-3)8-5-14/h4-9,12-13H,10-11H2,1-3H3. The van der Waals surface area contributed by atoms with E-state index in [0.29, 0.717) is 12.5 Å². The Balaban J connectivity index is 1.96. The van der Waals surface area contributed by atoms with Crippen LogP contribution in [0.15, 0.2) is 46.9 Å². The topological polar surface area (TPSA) is 18.5 Å². The highest BCUT2D eigenvalue weighted by Crippen LogP contribution is 2.29. The van der Waals surface area contributed by atoms with Crippen molar-refractivity contribution in [1.29, 1.82) is 0 Å². The lowest BCUT2D eigenvalue weighted by Crippen LogP contribution is -2.04. The molecule has 0 aliphatic heterocycles. The monoisotopic (exact) mass is 348 g/mol. The van der Waals surface area contributed by atoms with Gasteiger partial charge in [-0.15, -0.1) is 0 Å². The lowest BCUT2D eigenvalue weighted by Gasteiger charge is -2.14. The van der Waals surface area contributed by atoms with Crippen molar-refractivity contribution in [2.24, 2.45) is 0 Å². The van der Waals surface area contributed by atoms with Crippen LogP contribution < -0.4 is 9.47 Å². The summed E-state index contributed by atoms with van der Waals surface area (Å²) in [6, 6.07) is 14.3. The average Bonchev–Trinajstić information content (AvgIpc) is 2.49. The molecule has 0 spiro atoms. The molecule has 0 aromatic heterocycles. The van der Waals surface area contributed by atoms with E-state index < -0.39 is 0 Å². The minimum atomic E-state index is 0.443. The first-order valence-electron chi connectivity index (χ1n) is 7.15. The third-order valence-corrected chi connectivity index (χ3v) is 3.89. The van der Waals surface area contributed by atoms with Crippen LogP contribution in [0.1, 0.15) is 30.9 Å². The summed E-state index contributed by atoms with van der Waals surface area (Å²) in [7, 11) is 1.68. The lowest BCUT2D eigenvalue weighted by molar-refractivity contribution is 0.317. The largest absolute Gasteiger partial charge is 0.497 e. The fourth-order valence-corrected chi connectivity index (χ4v) is 2.55. The summed E-state index contributed by atoms with van der Waals surface area (Å²) in [6.07, 6.45) is 0.887. The van der Waals surface area contributed by atoms with E-state index in [4.69, 9.17) is 9.47 Å². The Labute approximate surface area is 135 Å². The molecule has 0 fully saturated rings. The van der Waals surface area contributed by atoms with Gasteiger partial charge in [0.2, 0.25) is 0 Å². The van der Waals surface area contributed by atoms with E-state index in [2.05, 4.69) is 48.0 Å². The van der Waals surface area contributed by atoms with Gasteiger partial charge in [0.25, 0.3) is 0 Å². The van der Waals surface area contributed by atoms with Crippen molar-refractivity contribution in [2.75, 3.05) is 13.7 Å². The minimum absolute atomic E-state index is 0.443. The molecule has 0 bridgehead atoms. The molecule has 21 heavy (non-hydrogen) atoms. The Hall–Kier alpha value is -1.48. The van der Waals surface area contributed by atoms with Crippen LogP contribution in [0.4, 0.5) is 0 Å². The average molecular weight is 349 g/mol. The van der Waals surface area contributed by atoms with E-state index in [1.807, 2.05) is 24.3 Å². The van der Waals surface area contributed by atoms with E-state index in [0.717, 1.165) is 22.4 Å². The fraction of sp³-hybridized carbons (Fsp3) is 0.333. The quantitative estimate of drug-likeness (QED) is 0.713. The van der Waals surface area contributed by atoms with Crippen LogP contribution in [-0.4, -0.2) is 13.7 Å². The predicted molar refractivity (Wildman–Crippen MR) is 90.4 cm³/mol. The molecule has 0 radical (unpaired) electrons. The summed E-state index contributed by atoms with van der Waals surface area (Å²) in [5.41, 5.74) is 2.48. The molecular formula is C18H21BrO2. The number of hydrogen-bond donors (Lipinski definition) is 0. The van der Waals surface area contributed by atoms with Gasteiger partial charge < -0.3 is 9.47 Å². The molecule has 0 aliphatic rings. The molecule has 2 aromatic rings. The van der Waals surface area contributed by atoms with E-state index in [1.165, 1.54) is 11.1 Å². The van der Waals surface area contributed by atoms with Gasteiger partial charge in [0.05, 0.1) is 13.7 Å². The summed E-state index contributed by atoms with van der Waals surface area (Å²) in [4.78, 5) is 0. The second-order valence-corrected chi connectivity index (χ2v) is 6.20. The van der Waals surface area contributed by atoms with E-state index in [9.17, 15) is 0 Å². The van der Waals surface area contributed by atoms with Gasteiger partial charge in [0.15, 0.2) is 0 Å². The number of hydrogen-bond acceptors (Lipinski definition) is 2. The van der Waals surface area contributed by atoms with Gasteiger partial charge in [-0.25, -0.2) is 0 Å². The van der Waals surface area contributed by atoms with Crippen molar-refractivity contribution in [2.45, 2.75) is 26.2 Å². The van der Waals surface area contributed by atoms with Crippen LogP contribution in [0.2, 0.25) is 0 Å². The van der Waals surface area contributed by atoms with Gasteiger partial charge in [-0.2, -0.15) is 0 Å². The summed E-state index contributed by atoms with van der Waals surface area (Å²) >= 11 is 3.52. The number of benzene rings is 2. The molecule has 0 N–H and O–H groups in total. The van der Waals surface area contributed by atoms with E-state index in [-0.39, 0.29) is 0 Å². The molecule has 2 rings (SSSR count). The Morgan fingerprint density at radius 2 is 1.76 bits per heavy atom. The van der Waals surface area contributed by atoms with Gasteiger partial charge >= 0.3 is 0 Å². The summed E-state index contributed by atoms with van der Waals surface area (Å²) in [5, 5.41) is 0. The van der Waals surface area contributed by atoms with Crippen molar-refractivity contribution in [1.82, 2.24) is 0 Å². The molecule has 0 heterocycles. The van der Waals surface area contributed by atoms with Crippen molar-refractivity contribution >= 4 is 15.9 Å². The third-order valence-electron chi connectivity index (χ3n) is 3.40. The van der Waals surface area contributed by atoms with Gasteiger partial charge in [0.1, 0.15) is 11.5 Å². The van der Waals surface area contributed by atoms with Crippen LogP contribution in [-0.2, 0) is 6.42 Å². The van der Waals surface area contributed by atoms with Crippen molar-refractivity contribution in [3.8, 4) is 11.5 Å². The summed E-state index contributed by atoms with van der Waals surface area (Å²) in [5.74, 6) is 2.30. The molecule has 2 aromatic carbocycles. The Morgan fingerprint density at radius 3 is 2.38 bits per heavy atom. The Bertz CT molecular complexity index is 576. The number of methoxy groups -OCH3 is 1. The van der Waals surface area contributed by atoms with Gasteiger partial charge in [0, 0.05) is 10.9 Å². The normalized spacial score (nSPS) is 10.7. The van der Waals surface area contributed by atoms with Gasteiger partial charge in [-0.05, 0) is 47.4 Å². The van der Waals surface area contributed by atoms with Crippen molar-refractivity contribution in [3.63, 3.8) is 0 Å². The molecule has 2 nitrogen and oxygen atoms in total. The fourth-order valence-electron chi connectivity index (χ4n) is 2.17. The number of ether oxygens (including phenoxy) is 2. The maximum absolute atomic E-state index is 5.96. The molecule has 0 unspecified atom stereocenters. The first-order valence-corrected chi connectivity index (χ1v) is 7.94. The van der Waals surface area contributed by atoms with E-state index in [1.54, 1.807) is 7.11 Å². The second kappa shape index (κ2) is 7.51. The lowest BCUT2D eigenvalue weighted by atomic mass is 10.0. The number of halogens is 1. The van der Waals surface area contributed by atoms with Crippen LogP contribution in [0.5, 0.6) is 11.5 Å². The minimum Gasteiger partial charge on any atom is -0.497 e. The predicted octanol–water partition coefficient (Wildman–Crippen LogP) is 5.20. The summed E-state index contributed by atoms with van der Waals surface area (Å²) in [6.45, 7) is 5.03. The molecule has 3 heteroatoms. The smallest absolute Gasteiger partial charge is 0.122 e. The second-order valence-electron chi connectivity index (χ2n) is 5.28. The molecular weight excluding hydrogens is 328 g/mol. The zero-order valence-corrected chi connectivity index (χ0v) is 14.3. The first-order chi connectivity index (χ1) is 10.1. The highest BCUT2D eigenvalue weighted by molar-refractivity contribution is 9.10. The molecule has 0 aliphatic carbocycles. The molecule has 0 amide bonds. The van der Waals surface area contributed by atoms with Crippen LogP contribution in [0.3, 0.4) is 0 Å². The van der Waals surface area contributed by atoms with Crippen LogP contribution in [0.25, 0.3) is 0 Å². The van der Waals surface area contributed by atoms with Crippen LogP contribution in [0, 0.1) is 0 Å². The van der Waals surface area contributed by atoms with Gasteiger partial charge in [-0.3, -0.25) is 0 Å². The third kappa shape index (κ3) is 4.50. The highest BCUT2D eigenvalue weighted by atomic mass is 79.9. The maximum Gasteiger partial charge on any atom is 0.122 e. The molecule has 0 saturated carbocycles. The Morgan fingerprint density at radius 1 is 1.05 bits per heavy atom. The van der Waals surface area contributed by atoms with Crippen LogP contribution >= 0.6 is 15.9 Å². The zero-order chi connectivity index (χ0) is 15.2. The zero-order valence-electron chi connectivity index (χ0n) is 12.7. The summed E-state index contributed by atoms with van der Waals surface area (Å²) < 4.78 is 12.2. The van der Waals surface area contributed by atoms with E-state index >= 15 is 0 Å². The Kier molecular flexibility index (Phi) is 5.68. The van der Waals surface area contributed by atoms with Crippen molar-refractivity contribution in [3.05, 3.63) is 58.1 Å². The SMILES string of the molecule is COc1ccc(CCOc2ccc(Br)cc2C(C)C)cc1.